The summed E-state index contributed by atoms with van der Waals surface area (Å²) in [6.45, 7) is 1.21. The van der Waals surface area contributed by atoms with Gasteiger partial charge in [-0.1, -0.05) is 0 Å². The molecule has 0 atom stereocenters. The fraction of sp³-hybridized carbons (Fsp3) is 1.00. The number of nitrogens with one attached hydrogen (secondary N) is 2. The van der Waals surface area contributed by atoms with Crippen LogP contribution in [0.4, 0.5) is 0 Å². The van der Waals surface area contributed by atoms with Crippen LogP contribution in [0, 0.1) is 0 Å². The van der Waals surface area contributed by atoms with Crippen molar-refractivity contribution in [3.05, 3.63) is 0 Å². The second-order valence-electron chi connectivity index (χ2n) is 5.41. The van der Waals surface area contributed by atoms with Crippen LogP contribution in [0.25, 0.3) is 0 Å². The zero-order valence-corrected chi connectivity index (χ0v) is 12.8. The normalized spacial score (nSPS) is 28.8. The van der Waals surface area contributed by atoms with Gasteiger partial charge in [0.1, 0.15) is 0 Å². The molecule has 0 bridgehead atoms. The van der Waals surface area contributed by atoms with Gasteiger partial charge in [0.25, 0.3) is 0 Å². The topological polar surface area (TPSA) is 24.1 Å². The van der Waals surface area contributed by atoms with Crippen LogP contribution in [0.3, 0.4) is 0 Å². The summed E-state index contributed by atoms with van der Waals surface area (Å²) >= 11 is -1.89. The van der Waals surface area contributed by atoms with Crippen molar-refractivity contribution >= 4 is 18.7 Å². The van der Waals surface area contributed by atoms with Crippen LogP contribution in [0.15, 0.2) is 0 Å². The van der Waals surface area contributed by atoms with Crippen molar-refractivity contribution in [1.29, 1.82) is 0 Å². The molecule has 2 N–H and O–H groups in total. The molecule has 2 nitrogen and oxygen atoms in total. The fourth-order valence-corrected chi connectivity index (χ4v) is 15.7. The standard InChI is InChI=1S/C7H14.C5H12N2.Sn/c1-3-5-7-6-4-2;1-2-3-4-5-7-6;/h1-7H2;6-7H,1-5H2;/q;-1;+1. The van der Waals surface area contributed by atoms with Crippen LogP contribution in [-0.4, -0.2) is 25.2 Å². The molecule has 0 aromatic rings. The molecule has 15 heavy (non-hydrogen) atoms. The third kappa shape index (κ3) is 3.90. The number of rotatable bonds is 0. The predicted molar refractivity (Wildman–Crippen MR) is 68.2 cm³/mol. The molecule has 0 unspecified atom stereocenters. The Morgan fingerprint density at radius 3 is 1.80 bits per heavy atom. The Hall–Kier alpha value is 0.719. The summed E-state index contributed by atoms with van der Waals surface area (Å²) in [5, 5.41) is 0. The average Bonchev–Trinajstić information content (AvgIpc) is 2.15. The summed E-state index contributed by atoms with van der Waals surface area (Å²) in [5.41, 5.74) is 3.54. The molecule has 2 aliphatic rings. The monoisotopic (exact) mass is 318 g/mol. The molecule has 2 saturated heterocycles. The Labute approximate surface area is 98.8 Å². The second kappa shape index (κ2) is 6.45. The van der Waals surface area contributed by atoms with Gasteiger partial charge in [-0.2, -0.15) is 0 Å². The molecule has 0 aromatic carbocycles. The van der Waals surface area contributed by atoms with Crippen LogP contribution in [0.2, 0.25) is 13.3 Å². The Morgan fingerprint density at radius 2 is 1.13 bits per heavy atom. The van der Waals surface area contributed by atoms with Crippen LogP contribution in [-0.2, 0) is 0 Å². The van der Waals surface area contributed by atoms with Gasteiger partial charge < -0.3 is 0 Å². The SMILES string of the molecule is C1CC[CH2][Sn]2([CH2]CC1)[CH2]CCCCN[NH]2. The Morgan fingerprint density at radius 1 is 0.600 bits per heavy atom. The van der Waals surface area contributed by atoms with E-state index in [9.17, 15) is 0 Å². The van der Waals surface area contributed by atoms with E-state index in [4.69, 9.17) is 0 Å². The second-order valence-corrected chi connectivity index (χ2v) is 17.7. The number of hydrogen-bond acceptors (Lipinski definition) is 2. The molecule has 2 fully saturated rings. The van der Waals surface area contributed by atoms with Crippen LogP contribution < -0.4 is 9.07 Å². The van der Waals surface area contributed by atoms with E-state index in [2.05, 4.69) is 9.07 Å². The molecule has 2 aliphatic heterocycles. The summed E-state index contributed by atoms with van der Waals surface area (Å²) in [7, 11) is 0. The van der Waals surface area contributed by atoms with Crippen molar-refractivity contribution in [3.8, 4) is 0 Å². The molecule has 2 rings (SSSR count). The van der Waals surface area contributed by atoms with Crippen molar-refractivity contribution in [2.75, 3.05) is 6.54 Å². The first-order chi connectivity index (χ1) is 7.41. The maximum atomic E-state index is 3.86. The van der Waals surface area contributed by atoms with Gasteiger partial charge in [0.05, 0.1) is 0 Å². The van der Waals surface area contributed by atoms with E-state index in [1.165, 1.54) is 57.9 Å². The third-order valence-electron chi connectivity index (χ3n) is 4.12. The van der Waals surface area contributed by atoms with Gasteiger partial charge in [0, 0.05) is 0 Å². The van der Waals surface area contributed by atoms with Gasteiger partial charge in [0.2, 0.25) is 0 Å². The minimum absolute atomic E-state index is 1.21. The average molecular weight is 317 g/mol. The molecular weight excluding hydrogens is 291 g/mol. The minimum atomic E-state index is -1.89. The van der Waals surface area contributed by atoms with E-state index in [-0.39, 0.29) is 0 Å². The summed E-state index contributed by atoms with van der Waals surface area (Å²) in [4.78, 5) is 0. The van der Waals surface area contributed by atoms with E-state index in [0.717, 1.165) is 0 Å². The van der Waals surface area contributed by atoms with Crippen molar-refractivity contribution in [3.63, 3.8) is 0 Å². The molecular formula is C12H26N2Sn. The predicted octanol–water partition coefficient (Wildman–Crippen LogP) is 3.17. The quantitative estimate of drug-likeness (QED) is 0.671. The van der Waals surface area contributed by atoms with Gasteiger partial charge >= 0.3 is 98.9 Å². The molecule has 3 heteroatoms. The summed E-state index contributed by atoms with van der Waals surface area (Å²) in [6.07, 6.45) is 11.9. The summed E-state index contributed by atoms with van der Waals surface area (Å²) < 4.78 is 8.66. The van der Waals surface area contributed by atoms with E-state index in [1.807, 2.05) is 0 Å². The van der Waals surface area contributed by atoms with Gasteiger partial charge in [-0.3, -0.25) is 0 Å². The molecule has 0 radical (unpaired) electrons. The summed E-state index contributed by atoms with van der Waals surface area (Å²) in [5.74, 6) is 0. The molecule has 1 spiro atoms. The molecule has 88 valence electrons. The van der Waals surface area contributed by atoms with Crippen molar-refractivity contribution < 1.29 is 0 Å². The zero-order chi connectivity index (χ0) is 10.4. The first-order valence-electron chi connectivity index (χ1n) is 6.91. The molecule has 0 amide bonds. The van der Waals surface area contributed by atoms with Crippen molar-refractivity contribution in [1.82, 2.24) is 9.07 Å². The Bertz CT molecular complexity index is 145. The Kier molecular flexibility index (Phi) is 5.24. The fourth-order valence-electron chi connectivity index (χ4n) is 3.12. The van der Waals surface area contributed by atoms with Crippen molar-refractivity contribution in [2.24, 2.45) is 0 Å². The van der Waals surface area contributed by atoms with Gasteiger partial charge in [-0.05, 0) is 0 Å². The number of hydrazine groups is 1. The summed E-state index contributed by atoms with van der Waals surface area (Å²) in [6, 6.07) is 0. The molecule has 2 heterocycles. The zero-order valence-electron chi connectivity index (χ0n) is 9.99. The Balaban J connectivity index is 1.92. The van der Waals surface area contributed by atoms with E-state index >= 15 is 0 Å². The van der Waals surface area contributed by atoms with Gasteiger partial charge in [-0.15, -0.1) is 0 Å². The molecule has 0 aliphatic carbocycles. The maximum absolute atomic E-state index is 3.86. The molecule has 0 aromatic heterocycles. The van der Waals surface area contributed by atoms with Crippen LogP contribution in [0.1, 0.15) is 51.4 Å². The van der Waals surface area contributed by atoms with E-state index < -0.39 is 18.7 Å². The van der Waals surface area contributed by atoms with E-state index in [1.54, 1.807) is 13.3 Å². The van der Waals surface area contributed by atoms with Crippen molar-refractivity contribution in [2.45, 2.75) is 64.7 Å². The number of hydrogen-bond donors (Lipinski definition) is 2. The molecule has 0 saturated carbocycles. The first kappa shape index (κ1) is 12.2. The van der Waals surface area contributed by atoms with Crippen LogP contribution in [0.5, 0.6) is 0 Å². The van der Waals surface area contributed by atoms with Crippen LogP contribution >= 0.6 is 0 Å². The first-order valence-corrected chi connectivity index (χ1v) is 14.4. The van der Waals surface area contributed by atoms with Gasteiger partial charge in [0.15, 0.2) is 0 Å². The third-order valence-corrected chi connectivity index (χ3v) is 17.4. The van der Waals surface area contributed by atoms with E-state index in [0.29, 0.717) is 0 Å². The van der Waals surface area contributed by atoms with Gasteiger partial charge in [-0.25, -0.2) is 0 Å².